The summed E-state index contributed by atoms with van der Waals surface area (Å²) in [6.45, 7) is 3.48. The molecule has 26 heavy (non-hydrogen) atoms. The van der Waals surface area contributed by atoms with Gasteiger partial charge in [-0.25, -0.2) is 0 Å². The highest BCUT2D eigenvalue weighted by molar-refractivity contribution is 5.85. The Hall–Kier alpha value is -2.28. The van der Waals surface area contributed by atoms with Crippen LogP contribution in [0, 0.1) is 0 Å². The number of halogens is 1. The van der Waals surface area contributed by atoms with Crippen LogP contribution in [0.1, 0.15) is 17.3 Å². The highest BCUT2D eigenvalue weighted by Crippen LogP contribution is 2.31. The minimum atomic E-state index is 0. The first kappa shape index (κ1) is 18.5. The van der Waals surface area contributed by atoms with Gasteiger partial charge in [-0.1, -0.05) is 23.4 Å². The number of methoxy groups -OCH3 is 1. The van der Waals surface area contributed by atoms with Crippen molar-refractivity contribution in [1.29, 1.82) is 0 Å². The molecule has 1 atom stereocenters. The van der Waals surface area contributed by atoms with Crippen molar-refractivity contribution in [3.63, 3.8) is 0 Å². The summed E-state index contributed by atoms with van der Waals surface area (Å²) in [6, 6.07) is 14.1. The predicted molar refractivity (Wildman–Crippen MR) is 100 cm³/mol. The van der Waals surface area contributed by atoms with Gasteiger partial charge in [-0.05, 0) is 18.2 Å². The molecule has 1 N–H and O–H groups in total. The quantitative estimate of drug-likeness (QED) is 0.736. The lowest BCUT2D eigenvalue weighted by atomic mass is 10.0. The first-order chi connectivity index (χ1) is 12.3. The van der Waals surface area contributed by atoms with Crippen LogP contribution in [0.2, 0.25) is 0 Å². The number of rotatable bonds is 5. The second-order valence-corrected chi connectivity index (χ2v) is 6.09. The third-order valence-corrected chi connectivity index (χ3v) is 4.54. The van der Waals surface area contributed by atoms with Gasteiger partial charge in [-0.3, -0.25) is 4.90 Å². The molecular formula is C19H22ClN3O3. The number of benzene rings is 1. The average molecular weight is 376 g/mol. The van der Waals surface area contributed by atoms with Gasteiger partial charge in [0.1, 0.15) is 5.75 Å². The lowest BCUT2D eigenvalue weighted by molar-refractivity contribution is 0.147. The zero-order valence-electron chi connectivity index (χ0n) is 14.6. The van der Waals surface area contributed by atoms with Crippen LogP contribution in [0.4, 0.5) is 0 Å². The Morgan fingerprint density at radius 2 is 2.12 bits per heavy atom. The van der Waals surface area contributed by atoms with Crippen molar-refractivity contribution in [1.82, 2.24) is 15.4 Å². The number of ether oxygens (including phenoxy) is 1. The maximum Gasteiger partial charge on any atom is 0.202 e. The number of furan rings is 1. The summed E-state index contributed by atoms with van der Waals surface area (Å²) in [6.07, 6.45) is 1.63. The predicted octanol–water partition coefficient (Wildman–Crippen LogP) is 3.51. The van der Waals surface area contributed by atoms with Crippen molar-refractivity contribution in [3.05, 3.63) is 60.0 Å². The fraction of sp³-hybridized carbons (Fsp3) is 0.316. The van der Waals surface area contributed by atoms with E-state index in [0.717, 1.165) is 31.1 Å². The second-order valence-electron chi connectivity index (χ2n) is 6.09. The Labute approximate surface area is 158 Å². The van der Waals surface area contributed by atoms with Gasteiger partial charge in [0.2, 0.25) is 5.76 Å². The van der Waals surface area contributed by atoms with Crippen LogP contribution in [0.25, 0.3) is 11.5 Å². The standard InChI is InChI=1S/C19H21N3O3.ClH/c1-23-17-6-3-2-5-15(17)16-12-20-8-9-22(16)13-14-11-19(25-21-14)18-7-4-10-24-18;/h2-7,10-11,16,20H,8-9,12-13H2,1H3;1H. The summed E-state index contributed by atoms with van der Waals surface area (Å²) >= 11 is 0. The first-order valence-corrected chi connectivity index (χ1v) is 8.42. The number of hydrogen-bond acceptors (Lipinski definition) is 6. The van der Waals surface area contributed by atoms with E-state index in [9.17, 15) is 0 Å². The fourth-order valence-electron chi connectivity index (χ4n) is 3.31. The summed E-state index contributed by atoms with van der Waals surface area (Å²) in [7, 11) is 1.71. The molecule has 138 valence electrons. The van der Waals surface area contributed by atoms with E-state index in [-0.39, 0.29) is 18.4 Å². The summed E-state index contributed by atoms with van der Waals surface area (Å²) < 4.78 is 16.3. The zero-order valence-corrected chi connectivity index (χ0v) is 15.4. The van der Waals surface area contributed by atoms with E-state index in [1.165, 1.54) is 5.56 Å². The first-order valence-electron chi connectivity index (χ1n) is 8.42. The Bertz CT molecular complexity index is 819. The molecule has 1 aliphatic heterocycles. The van der Waals surface area contributed by atoms with E-state index in [1.807, 2.05) is 30.3 Å². The molecule has 0 saturated carbocycles. The zero-order chi connectivity index (χ0) is 17.1. The molecule has 4 rings (SSSR count). The van der Waals surface area contributed by atoms with Gasteiger partial charge >= 0.3 is 0 Å². The molecule has 1 aromatic carbocycles. The monoisotopic (exact) mass is 375 g/mol. The van der Waals surface area contributed by atoms with Crippen molar-refractivity contribution < 1.29 is 13.7 Å². The molecule has 3 heterocycles. The molecule has 3 aromatic rings. The number of aromatic nitrogens is 1. The van der Waals surface area contributed by atoms with Gasteiger partial charge in [-0.15, -0.1) is 12.4 Å². The van der Waals surface area contributed by atoms with Crippen molar-refractivity contribution in [2.75, 3.05) is 26.7 Å². The normalized spacial score (nSPS) is 17.7. The molecule has 0 aliphatic carbocycles. The topological polar surface area (TPSA) is 63.7 Å². The molecule has 0 radical (unpaired) electrons. The minimum Gasteiger partial charge on any atom is -0.496 e. The molecule has 0 bridgehead atoms. The number of nitrogens with zero attached hydrogens (tertiary/aromatic N) is 2. The molecule has 2 aromatic heterocycles. The van der Waals surface area contributed by atoms with Crippen molar-refractivity contribution in [3.8, 4) is 17.3 Å². The van der Waals surface area contributed by atoms with E-state index in [0.29, 0.717) is 18.1 Å². The molecule has 7 heteroatoms. The molecule has 0 spiro atoms. The van der Waals surface area contributed by atoms with Crippen LogP contribution in [0.5, 0.6) is 5.75 Å². The molecule has 6 nitrogen and oxygen atoms in total. The largest absolute Gasteiger partial charge is 0.496 e. The van der Waals surface area contributed by atoms with Crippen LogP contribution >= 0.6 is 12.4 Å². The third kappa shape index (κ3) is 3.77. The van der Waals surface area contributed by atoms with Gasteiger partial charge in [0.05, 0.1) is 25.1 Å². The van der Waals surface area contributed by atoms with Crippen molar-refractivity contribution >= 4 is 12.4 Å². The molecular weight excluding hydrogens is 354 g/mol. The van der Waals surface area contributed by atoms with Crippen molar-refractivity contribution in [2.45, 2.75) is 12.6 Å². The lowest BCUT2D eigenvalue weighted by Crippen LogP contribution is -2.45. The maximum atomic E-state index is 5.55. The van der Waals surface area contributed by atoms with Crippen LogP contribution < -0.4 is 10.1 Å². The van der Waals surface area contributed by atoms with Crippen LogP contribution in [-0.2, 0) is 6.54 Å². The molecule has 1 aliphatic rings. The summed E-state index contributed by atoms with van der Waals surface area (Å²) in [4.78, 5) is 2.40. The highest BCUT2D eigenvalue weighted by atomic mass is 35.5. The van der Waals surface area contributed by atoms with Gasteiger partial charge in [-0.2, -0.15) is 0 Å². The molecule has 1 fully saturated rings. The maximum absolute atomic E-state index is 5.55. The fourth-order valence-corrected chi connectivity index (χ4v) is 3.31. The Balaban J connectivity index is 0.00000196. The second kappa shape index (κ2) is 8.40. The van der Waals surface area contributed by atoms with Gasteiger partial charge in [0.25, 0.3) is 0 Å². The number of nitrogens with one attached hydrogen (secondary N) is 1. The molecule has 1 saturated heterocycles. The number of para-hydroxylation sites is 1. The van der Waals surface area contributed by atoms with Gasteiger partial charge in [0, 0.05) is 37.8 Å². The minimum absolute atomic E-state index is 0. The smallest absolute Gasteiger partial charge is 0.202 e. The highest BCUT2D eigenvalue weighted by Gasteiger charge is 2.27. The number of piperazine rings is 1. The Morgan fingerprint density at radius 1 is 1.23 bits per heavy atom. The van der Waals surface area contributed by atoms with Crippen molar-refractivity contribution in [2.24, 2.45) is 0 Å². The number of hydrogen-bond donors (Lipinski definition) is 1. The Kier molecular flexibility index (Phi) is 5.98. The van der Waals surface area contributed by atoms with Gasteiger partial charge in [0.15, 0.2) is 5.76 Å². The lowest BCUT2D eigenvalue weighted by Gasteiger charge is -2.36. The summed E-state index contributed by atoms with van der Waals surface area (Å²) in [5.41, 5.74) is 2.08. The van der Waals surface area contributed by atoms with E-state index in [4.69, 9.17) is 13.7 Å². The summed E-state index contributed by atoms with van der Waals surface area (Å²) in [5, 5.41) is 7.68. The van der Waals surface area contributed by atoms with Crippen LogP contribution in [-0.4, -0.2) is 36.8 Å². The third-order valence-electron chi connectivity index (χ3n) is 4.54. The van der Waals surface area contributed by atoms with Gasteiger partial charge < -0.3 is 19.0 Å². The molecule has 1 unspecified atom stereocenters. The van der Waals surface area contributed by atoms with Crippen LogP contribution in [0.3, 0.4) is 0 Å². The average Bonchev–Trinajstić information content (AvgIpc) is 3.34. The van der Waals surface area contributed by atoms with E-state index >= 15 is 0 Å². The summed E-state index contributed by atoms with van der Waals surface area (Å²) in [5.74, 6) is 2.27. The van der Waals surface area contributed by atoms with E-state index in [1.54, 1.807) is 13.4 Å². The Morgan fingerprint density at radius 3 is 2.92 bits per heavy atom. The van der Waals surface area contributed by atoms with E-state index < -0.39 is 0 Å². The SMILES string of the molecule is COc1ccccc1C1CNCCN1Cc1cc(-c2ccco2)on1.Cl. The molecule has 0 amide bonds. The van der Waals surface area contributed by atoms with E-state index in [2.05, 4.69) is 27.5 Å². The van der Waals surface area contributed by atoms with Crippen LogP contribution in [0.15, 0.2) is 57.7 Å².